The molecule has 4 heteroatoms. The van der Waals surface area contributed by atoms with Gasteiger partial charge in [-0.1, -0.05) is 24.6 Å². The number of fused-ring (bicyclic) bond motifs is 1. The average molecular weight is 263 g/mol. The van der Waals surface area contributed by atoms with E-state index in [2.05, 4.69) is 17.2 Å². The van der Waals surface area contributed by atoms with Crippen LogP contribution in [0.3, 0.4) is 0 Å². The predicted octanol–water partition coefficient (Wildman–Crippen LogP) is 3.34. The fourth-order valence-electron chi connectivity index (χ4n) is 2.15. The first kappa shape index (κ1) is 11.8. The van der Waals surface area contributed by atoms with E-state index in [1.54, 1.807) is 6.20 Å². The molecule has 0 bridgehead atoms. The number of aromatic nitrogens is 1. The second kappa shape index (κ2) is 4.41. The van der Waals surface area contributed by atoms with Crippen molar-refractivity contribution in [3.05, 3.63) is 35.5 Å². The third-order valence-corrected chi connectivity index (χ3v) is 3.49. The number of pyridine rings is 1. The molecule has 0 amide bonds. The zero-order chi connectivity index (χ0) is 12.6. The van der Waals surface area contributed by atoms with Gasteiger partial charge in [-0.2, -0.15) is 0 Å². The van der Waals surface area contributed by atoms with Crippen LogP contribution in [-0.4, -0.2) is 24.7 Å². The third-order valence-electron chi connectivity index (χ3n) is 3.28. The smallest absolute Gasteiger partial charge is 0.0934 e. The molecule has 0 spiro atoms. The Labute approximate surface area is 111 Å². The molecule has 2 heterocycles. The Hall–Kier alpha value is -1.32. The molecule has 0 aliphatic carbocycles. The van der Waals surface area contributed by atoms with Crippen LogP contribution in [0.2, 0.25) is 5.02 Å². The van der Waals surface area contributed by atoms with Crippen molar-refractivity contribution >= 4 is 28.2 Å². The Bertz CT molecular complexity index is 581. The maximum Gasteiger partial charge on any atom is 0.0934 e. The number of halogens is 1. The summed E-state index contributed by atoms with van der Waals surface area (Å²) in [6.45, 7) is 4.71. The molecule has 94 valence electrons. The van der Waals surface area contributed by atoms with Crippen LogP contribution in [0.4, 0.5) is 5.69 Å². The van der Waals surface area contributed by atoms with Gasteiger partial charge in [-0.05, 0) is 18.2 Å². The van der Waals surface area contributed by atoms with E-state index < -0.39 is 0 Å². The first-order chi connectivity index (χ1) is 8.66. The van der Waals surface area contributed by atoms with E-state index in [4.69, 9.17) is 16.3 Å². The van der Waals surface area contributed by atoms with E-state index in [1.807, 2.05) is 24.3 Å². The highest BCUT2D eigenvalue weighted by atomic mass is 35.5. The fourth-order valence-corrected chi connectivity index (χ4v) is 2.38. The molecule has 0 saturated carbocycles. The molecule has 2 aromatic rings. The summed E-state index contributed by atoms with van der Waals surface area (Å²) in [5.41, 5.74) is 2.18. The van der Waals surface area contributed by atoms with E-state index in [0.29, 0.717) is 0 Å². The summed E-state index contributed by atoms with van der Waals surface area (Å²) < 4.78 is 5.26. The van der Waals surface area contributed by atoms with E-state index in [-0.39, 0.29) is 5.41 Å². The van der Waals surface area contributed by atoms with Crippen molar-refractivity contribution in [3.8, 4) is 0 Å². The topological polar surface area (TPSA) is 34.2 Å². The van der Waals surface area contributed by atoms with Crippen LogP contribution in [-0.2, 0) is 4.74 Å². The van der Waals surface area contributed by atoms with Crippen molar-refractivity contribution in [1.82, 2.24) is 4.98 Å². The predicted molar refractivity (Wildman–Crippen MR) is 74.2 cm³/mol. The van der Waals surface area contributed by atoms with Gasteiger partial charge in [0.1, 0.15) is 0 Å². The summed E-state index contributed by atoms with van der Waals surface area (Å²) in [7, 11) is 0. The van der Waals surface area contributed by atoms with Crippen molar-refractivity contribution in [2.75, 3.05) is 25.1 Å². The quantitative estimate of drug-likeness (QED) is 0.921. The highest BCUT2D eigenvalue weighted by molar-refractivity contribution is 6.31. The molecule has 1 aromatic heterocycles. The second-order valence-electron chi connectivity index (χ2n) is 5.19. The van der Waals surface area contributed by atoms with Gasteiger partial charge in [0.2, 0.25) is 0 Å². The van der Waals surface area contributed by atoms with Gasteiger partial charge in [0, 0.05) is 28.6 Å². The number of hydrogen-bond acceptors (Lipinski definition) is 3. The van der Waals surface area contributed by atoms with Crippen molar-refractivity contribution in [2.24, 2.45) is 5.41 Å². The molecular weight excluding hydrogens is 248 g/mol. The molecule has 0 radical (unpaired) electrons. The van der Waals surface area contributed by atoms with Gasteiger partial charge in [0.15, 0.2) is 0 Å². The first-order valence-corrected chi connectivity index (χ1v) is 6.40. The molecule has 1 saturated heterocycles. The minimum absolute atomic E-state index is 0.226. The van der Waals surface area contributed by atoms with Crippen LogP contribution >= 0.6 is 11.6 Å². The second-order valence-corrected chi connectivity index (χ2v) is 5.62. The van der Waals surface area contributed by atoms with Crippen LogP contribution < -0.4 is 5.32 Å². The molecule has 1 N–H and O–H groups in total. The van der Waals surface area contributed by atoms with E-state index in [0.717, 1.165) is 41.4 Å². The summed E-state index contributed by atoms with van der Waals surface area (Å²) in [5.74, 6) is 0. The van der Waals surface area contributed by atoms with E-state index in [9.17, 15) is 0 Å². The summed E-state index contributed by atoms with van der Waals surface area (Å²) in [4.78, 5) is 4.41. The highest BCUT2D eigenvalue weighted by Gasteiger charge is 2.33. The number of benzene rings is 1. The van der Waals surface area contributed by atoms with Crippen LogP contribution in [0, 0.1) is 5.41 Å². The summed E-state index contributed by atoms with van der Waals surface area (Å²) in [6.07, 6.45) is 1.80. The largest absolute Gasteiger partial charge is 0.383 e. The monoisotopic (exact) mass is 262 g/mol. The SMILES string of the molecule is CC1(CNc2cc(Cl)cc3cccnc23)COC1. The van der Waals surface area contributed by atoms with Gasteiger partial charge >= 0.3 is 0 Å². The Morgan fingerprint density at radius 1 is 1.44 bits per heavy atom. The van der Waals surface area contributed by atoms with Crippen molar-refractivity contribution < 1.29 is 4.74 Å². The van der Waals surface area contributed by atoms with Gasteiger partial charge in [0.25, 0.3) is 0 Å². The molecule has 0 atom stereocenters. The third kappa shape index (κ3) is 2.16. The molecule has 3 rings (SSSR count). The molecule has 18 heavy (non-hydrogen) atoms. The fraction of sp³-hybridized carbons (Fsp3) is 0.357. The lowest BCUT2D eigenvalue weighted by molar-refractivity contribution is -0.0924. The summed E-state index contributed by atoms with van der Waals surface area (Å²) in [5, 5.41) is 5.23. The van der Waals surface area contributed by atoms with Gasteiger partial charge < -0.3 is 10.1 Å². The molecule has 1 fully saturated rings. The van der Waals surface area contributed by atoms with Crippen molar-refractivity contribution in [3.63, 3.8) is 0 Å². The van der Waals surface area contributed by atoms with Crippen LogP contribution in [0.1, 0.15) is 6.92 Å². The summed E-state index contributed by atoms with van der Waals surface area (Å²) in [6, 6.07) is 7.81. The standard InChI is InChI=1S/C14H15ClN2O/c1-14(8-18-9-14)7-17-12-6-11(15)5-10-3-2-4-16-13(10)12/h2-6,17H,7-9H2,1H3. The maximum atomic E-state index is 6.13. The molecule has 0 unspecified atom stereocenters. The molecule has 1 aliphatic heterocycles. The van der Waals surface area contributed by atoms with Gasteiger partial charge in [0.05, 0.1) is 24.4 Å². The molecule has 1 aromatic carbocycles. The zero-order valence-corrected chi connectivity index (χ0v) is 11.0. The molecule has 3 nitrogen and oxygen atoms in total. The van der Waals surface area contributed by atoms with Crippen LogP contribution in [0.5, 0.6) is 0 Å². The molecule has 1 aliphatic rings. The zero-order valence-electron chi connectivity index (χ0n) is 10.2. The Balaban J connectivity index is 1.90. The highest BCUT2D eigenvalue weighted by Crippen LogP contribution is 2.30. The first-order valence-electron chi connectivity index (χ1n) is 6.02. The Morgan fingerprint density at radius 2 is 2.28 bits per heavy atom. The minimum Gasteiger partial charge on any atom is -0.383 e. The lowest BCUT2D eigenvalue weighted by atomic mass is 9.88. The van der Waals surface area contributed by atoms with Gasteiger partial charge in [-0.3, -0.25) is 4.98 Å². The number of anilines is 1. The van der Waals surface area contributed by atoms with Gasteiger partial charge in [-0.25, -0.2) is 0 Å². The number of ether oxygens (including phenoxy) is 1. The Kier molecular flexibility index (Phi) is 2.88. The Morgan fingerprint density at radius 3 is 3.00 bits per heavy atom. The maximum absolute atomic E-state index is 6.13. The van der Waals surface area contributed by atoms with Crippen molar-refractivity contribution in [1.29, 1.82) is 0 Å². The molecular formula is C14H15ClN2O. The van der Waals surface area contributed by atoms with Crippen LogP contribution in [0.15, 0.2) is 30.5 Å². The van der Waals surface area contributed by atoms with Gasteiger partial charge in [-0.15, -0.1) is 0 Å². The van der Waals surface area contributed by atoms with E-state index >= 15 is 0 Å². The van der Waals surface area contributed by atoms with E-state index in [1.165, 1.54) is 0 Å². The minimum atomic E-state index is 0.226. The number of nitrogens with zero attached hydrogens (tertiary/aromatic N) is 1. The van der Waals surface area contributed by atoms with Crippen molar-refractivity contribution in [2.45, 2.75) is 6.92 Å². The number of rotatable bonds is 3. The lowest BCUT2D eigenvalue weighted by Crippen LogP contribution is -2.45. The van der Waals surface area contributed by atoms with Crippen LogP contribution in [0.25, 0.3) is 10.9 Å². The lowest BCUT2D eigenvalue weighted by Gasteiger charge is -2.38. The number of hydrogen-bond donors (Lipinski definition) is 1. The summed E-state index contributed by atoms with van der Waals surface area (Å²) >= 11 is 6.13. The average Bonchev–Trinajstić information content (AvgIpc) is 2.33. The normalized spacial score (nSPS) is 17.4. The number of nitrogens with one attached hydrogen (secondary N) is 1.